The Morgan fingerprint density at radius 3 is 2.03 bits per heavy atom. The molecule has 1 saturated heterocycles. The minimum Gasteiger partial charge on any atom is -0.335 e. The van der Waals surface area contributed by atoms with E-state index in [2.05, 4.69) is 5.10 Å². The van der Waals surface area contributed by atoms with E-state index in [-0.39, 0.29) is 49.2 Å². The smallest absolute Gasteiger partial charge is 0.274 e. The Morgan fingerprint density at radius 2 is 1.40 bits per heavy atom. The van der Waals surface area contributed by atoms with Crippen LogP contribution in [0.25, 0.3) is 5.69 Å². The van der Waals surface area contributed by atoms with Crippen molar-refractivity contribution in [2.75, 3.05) is 26.2 Å². The molecule has 2 heterocycles. The van der Waals surface area contributed by atoms with Crippen molar-refractivity contribution in [3.8, 4) is 5.69 Å². The number of hydrogen-bond acceptors (Lipinski definition) is 3. The van der Waals surface area contributed by atoms with Crippen molar-refractivity contribution in [2.45, 2.75) is 0 Å². The Morgan fingerprint density at radius 1 is 0.767 bits per heavy atom. The molecule has 0 N–H and O–H groups in total. The maximum absolute atomic E-state index is 13.4. The van der Waals surface area contributed by atoms with E-state index >= 15 is 0 Å². The summed E-state index contributed by atoms with van der Waals surface area (Å²) in [6.07, 6.45) is 1.61. The van der Waals surface area contributed by atoms with Gasteiger partial charge in [-0.2, -0.15) is 5.10 Å². The molecule has 0 bridgehead atoms. The predicted octanol–water partition coefficient (Wildman–Crippen LogP) is 2.89. The average Bonchev–Trinajstić information content (AvgIpc) is 3.25. The molecule has 2 aromatic carbocycles. The normalized spacial score (nSPS) is 14.1. The molecule has 1 fully saturated rings. The summed E-state index contributed by atoms with van der Waals surface area (Å²) in [4.78, 5) is 28.3. The largest absolute Gasteiger partial charge is 0.335 e. The molecule has 0 atom stereocenters. The van der Waals surface area contributed by atoms with Gasteiger partial charge in [0.1, 0.15) is 5.82 Å². The Bertz CT molecular complexity index is 1090. The maximum Gasteiger partial charge on any atom is 0.274 e. The summed E-state index contributed by atoms with van der Waals surface area (Å²) in [5.74, 6) is -3.15. The minimum atomic E-state index is -1.08. The topological polar surface area (TPSA) is 58.4 Å². The molecular formula is C21H17F3N4O2. The second-order valence-electron chi connectivity index (χ2n) is 6.84. The summed E-state index contributed by atoms with van der Waals surface area (Å²) in [7, 11) is 0. The number of hydrogen-bond donors (Lipinski definition) is 0. The first-order valence-electron chi connectivity index (χ1n) is 9.27. The van der Waals surface area contributed by atoms with Crippen LogP contribution in [0.3, 0.4) is 0 Å². The second-order valence-corrected chi connectivity index (χ2v) is 6.84. The van der Waals surface area contributed by atoms with E-state index < -0.39 is 17.5 Å². The highest BCUT2D eigenvalue weighted by atomic mass is 19.2. The third-order valence-electron chi connectivity index (χ3n) is 4.92. The molecule has 0 aliphatic carbocycles. The van der Waals surface area contributed by atoms with Gasteiger partial charge in [-0.15, -0.1) is 0 Å². The van der Waals surface area contributed by atoms with E-state index in [4.69, 9.17) is 0 Å². The Hall–Kier alpha value is -3.62. The molecule has 30 heavy (non-hydrogen) atoms. The summed E-state index contributed by atoms with van der Waals surface area (Å²) in [5.41, 5.74) is 0.920. The standard InChI is InChI=1S/C21H17F3N4O2/c22-15-2-4-16(5-3-15)28-8-7-19(25-28)21(30)27-11-9-26(10-12-27)20(29)14-1-6-17(23)18(24)13-14/h1-8,13H,9-12H2. The van der Waals surface area contributed by atoms with Crippen LogP contribution in [0.5, 0.6) is 0 Å². The average molecular weight is 414 g/mol. The lowest BCUT2D eigenvalue weighted by molar-refractivity contribution is 0.0531. The lowest BCUT2D eigenvalue weighted by atomic mass is 10.1. The van der Waals surface area contributed by atoms with E-state index in [1.807, 2.05) is 0 Å². The number of benzene rings is 2. The first-order chi connectivity index (χ1) is 14.4. The van der Waals surface area contributed by atoms with Crippen LogP contribution < -0.4 is 0 Å². The molecule has 2 amide bonds. The Kier molecular flexibility index (Phi) is 5.26. The van der Waals surface area contributed by atoms with Crippen LogP contribution in [0.4, 0.5) is 13.2 Å². The van der Waals surface area contributed by atoms with Gasteiger partial charge < -0.3 is 9.80 Å². The fraction of sp³-hybridized carbons (Fsp3) is 0.190. The van der Waals surface area contributed by atoms with Crippen molar-refractivity contribution >= 4 is 11.8 Å². The lowest BCUT2D eigenvalue weighted by Gasteiger charge is -2.34. The van der Waals surface area contributed by atoms with Gasteiger partial charge in [-0.05, 0) is 48.5 Å². The summed E-state index contributed by atoms with van der Waals surface area (Å²) < 4.78 is 41.0. The first kappa shape index (κ1) is 19.7. The second kappa shape index (κ2) is 8.02. The van der Waals surface area contributed by atoms with Gasteiger partial charge in [-0.1, -0.05) is 0 Å². The van der Waals surface area contributed by atoms with Gasteiger partial charge in [0.15, 0.2) is 17.3 Å². The number of nitrogens with zero attached hydrogens (tertiary/aromatic N) is 4. The molecule has 6 nitrogen and oxygen atoms in total. The SMILES string of the molecule is O=C(c1ccc(F)c(F)c1)N1CCN(C(=O)c2ccn(-c3ccc(F)cc3)n2)CC1. The highest BCUT2D eigenvalue weighted by Gasteiger charge is 2.27. The zero-order chi connectivity index (χ0) is 21.3. The number of aromatic nitrogens is 2. The Balaban J connectivity index is 1.39. The zero-order valence-corrected chi connectivity index (χ0v) is 15.8. The van der Waals surface area contributed by atoms with Crippen LogP contribution in [-0.4, -0.2) is 57.6 Å². The van der Waals surface area contributed by atoms with Crippen molar-refractivity contribution in [3.05, 3.63) is 83.4 Å². The molecule has 0 saturated carbocycles. The third kappa shape index (κ3) is 3.91. The van der Waals surface area contributed by atoms with E-state index in [9.17, 15) is 22.8 Å². The van der Waals surface area contributed by atoms with Gasteiger partial charge in [0.2, 0.25) is 0 Å². The van der Waals surface area contributed by atoms with E-state index in [1.54, 1.807) is 29.3 Å². The van der Waals surface area contributed by atoms with Crippen LogP contribution in [0.2, 0.25) is 0 Å². The first-order valence-corrected chi connectivity index (χ1v) is 9.27. The monoisotopic (exact) mass is 414 g/mol. The Labute approximate surface area is 170 Å². The van der Waals surface area contributed by atoms with Gasteiger partial charge in [-0.3, -0.25) is 9.59 Å². The molecule has 3 aromatic rings. The van der Waals surface area contributed by atoms with E-state index in [0.29, 0.717) is 5.69 Å². The maximum atomic E-state index is 13.4. The van der Waals surface area contributed by atoms with Gasteiger partial charge in [-0.25, -0.2) is 17.9 Å². The molecular weight excluding hydrogens is 397 g/mol. The van der Waals surface area contributed by atoms with Gasteiger partial charge in [0, 0.05) is 37.9 Å². The van der Waals surface area contributed by atoms with Crippen LogP contribution in [0.1, 0.15) is 20.8 Å². The number of piperazine rings is 1. The zero-order valence-electron chi connectivity index (χ0n) is 15.8. The molecule has 4 rings (SSSR count). The quantitative estimate of drug-likeness (QED) is 0.662. The lowest BCUT2D eigenvalue weighted by Crippen LogP contribution is -2.50. The molecule has 0 unspecified atom stereocenters. The van der Waals surface area contributed by atoms with Crippen LogP contribution in [-0.2, 0) is 0 Å². The van der Waals surface area contributed by atoms with Crippen molar-refractivity contribution in [1.29, 1.82) is 0 Å². The van der Waals surface area contributed by atoms with Gasteiger partial charge >= 0.3 is 0 Å². The third-order valence-corrected chi connectivity index (χ3v) is 4.92. The molecule has 1 aliphatic rings. The van der Waals surface area contributed by atoms with Crippen LogP contribution in [0, 0.1) is 17.5 Å². The molecule has 1 aliphatic heterocycles. The summed E-state index contributed by atoms with van der Waals surface area (Å²) >= 11 is 0. The molecule has 154 valence electrons. The summed E-state index contributed by atoms with van der Waals surface area (Å²) in [6, 6.07) is 10.3. The van der Waals surface area contributed by atoms with Crippen LogP contribution in [0.15, 0.2) is 54.7 Å². The molecule has 0 spiro atoms. The number of halogens is 3. The van der Waals surface area contributed by atoms with Crippen LogP contribution >= 0.6 is 0 Å². The molecule has 9 heteroatoms. The van der Waals surface area contributed by atoms with Crippen molar-refractivity contribution < 1.29 is 22.8 Å². The number of rotatable bonds is 3. The summed E-state index contributed by atoms with van der Waals surface area (Å²) in [6.45, 7) is 1.11. The minimum absolute atomic E-state index is 0.0618. The highest BCUT2D eigenvalue weighted by molar-refractivity contribution is 5.95. The van der Waals surface area contributed by atoms with Crippen molar-refractivity contribution in [2.24, 2.45) is 0 Å². The number of amides is 2. The molecule has 1 aromatic heterocycles. The fourth-order valence-electron chi connectivity index (χ4n) is 3.26. The predicted molar refractivity (Wildman–Crippen MR) is 102 cm³/mol. The van der Waals surface area contributed by atoms with E-state index in [0.717, 1.165) is 12.1 Å². The van der Waals surface area contributed by atoms with Crippen molar-refractivity contribution in [3.63, 3.8) is 0 Å². The fourth-order valence-corrected chi connectivity index (χ4v) is 3.26. The highest BCUT2D eigenvalue weighted by Crippen LogP contribution is 2.15. The summed E-state index contributed by atoms with van der Waals surface area (Å²) in [5, 5.41) is 4.25. The van der Waals surface area contributed by atoms with Gasteiger partial charge in [0.05, 0.1) is 5.69 Å². The number of carbonyl (C=O) groups is 2. The van der Waals surface area contributed by atoms with Gasteiger partial charge in [0.25, 0.3) is 11.8 Å². The van der Waals surface area contributed by atoms with E-state index in [1.165, 1.54) is 27.8 Å². The van der Waals surface area contributed by atoms with Crippen molar-refractivity contribution in [1.82, 2.24) is 19.6 Å². The number of carbonyl (C=O) groups excluding carboxylic acids is 2. The molecule has 0 radical (unpaired) electrons.